The summed E-state index contributed by atoms with van der Waals surface area (Å²) < 4.78 is 38.1. The number of aromatic nitrogens is 2. The Kier molecular flexibility index (Phi) is 3.01. The summed E-state index contributed by atoms with van der Waals surface area (Å²) in [5.41, 5.74) is 0.240. The van der Waals surface area contributed by atoms with Gasteiger partial charge in [0.1, 0.15) is 5.82 Å². The van der Waals surface area contributed by atoms with Crippen molar-refractivity contribution >= 4 is 11.0 Å². The van der Waals surface area contributed by atoms with Crippen LogP contribution in [-0.2, 0) is 11.6 Å². The van der Waals surface area contributed by atoms with E-state index < -0.39 is 11.7 Å². The minimum absolute atomic E-state index is 0.143. The molecule has 0 radical (unpaired) electrons. The number of H-pyrrole nitrogens is 1. The lowest BCUT2D eigenvalue weighted by Crippen LogP contribution is -2.41. The fourth-order valence-corrected chi connectivity index (χ4v) is 2.73. The lowest BCUT2D eigenvalue weighted by atomic mass is 9.82. The summed E-state index contributed by atoms with van der Waals surface area (Å²) >= 11 is 0. The van der Waals surface area contributed by atoms with Crippen LogP contribution in [0.3, 0.4) is 0 Å². The molecule has 2 heterocycles. The van der Waals surface area contributed by atoms with E-state index in [2.05, 4.69) is 22.2 Å². The summed E-state index contributed by atoms with van der Waals surface area (Å²) in [5.74, 6) is 0.763. The van der Waals surface area contributed by atoms with E-state index in [-0.39, 0.29) is 5.41 Å². The second-order valence-corrected chi connectivity index (χ2v) is 5.66. The highest BCUT2D eigenvalue weighted by Gasteiger charge is 2.33. The fraction of sp³-hybridized carbons (Fsp3) is 0.500. The number of benzene rings is 1. The third-order valence-corrected chi connectivity index (χ3v) is 3.98. The van der Waals surface area contributed by atoms with Gasteiger partial charge >= 0.3 is 6.18 Å². The highest BCUT2D eigenvalue weighted by molar-refractivity contribution is 5.76. The summed E-state index contributed by atoms with van der Waals surface area (Å²) in [6.45, 7) is 3.86. The number of aromatic amines is 1. The molecule has 0 saturated carbocycles. The predicted molar refractivity (Wildman–Crippen MR) is 70.6 cm³/mol. The number of alkyl halides is 3. The summed E-state index contributed by atoms with van der Waals surface area (Å²) in [6, 6.07) is 3.64. The van der Waals surface area contributed by atoms with Crippen LogP contribution in [0.15, 0.2) is 18.2 Å². The largest absolute Gasteiger partial charge is 0.416 e. The maximum absolute atomic E-state index is 12.7. The van der Waals surface area contributed by atoms with Crippen LogP contribution >= 0.6 is 0 Å². The van der Waals surface area contributed by atoms with Crippen LogP contribution in [0.2, 0.25) is 0 Å². The van der Waals surface area contributed by atoms with Crippen molar-refractivity contribution in [3.63, 3.8) is 0 Å². The molecule has 1 saturated heterocycles. The van der Waals surface area contributed by atoms with Crippen LogP contribution < -0.4 is 5.32 Å². The molecular weight excluding hydrogens is 267 g/mol. The molecule has 0 amide bonds. The Balaban J connectivity index is 2.02. The normalized spacial score (nSPS) is 24.2. The predicted octanol–water partition coefficient (Wildman–Crippen LogP) is 3.22. The zero-order chi connectivity index (χ0) is 14.4. The number of imidazole rings is 1. The van der Waals surface area contributed by atoms with Crippen molar-refractivity contribution < 1.29 is 13.2 Å². The van der Waals surface area contributed by atoms with Gasteiger partial charge in [-0.15, -0.1) is 0 Å². The van der Waals surface area contributed by atoms with Gasteiger partial charge in [-0.05, 0) is 37.6 Å². The average Bonchev–Trinajstić information content (AvgIpc) is 2.82. The Hall–Kier alpha value is -1.56. The standard InChI is InChI=1S/C14H16F3N3/c1-13(5-2-6-18-8-13)12-19-10-4-3-9(14(15,16)17)7-11(10)20-12/h3-4,7,18H,2,5-6,8H2,1H3,(H,19,20). The van der Waals surface area contributed by atoms with Gasteiger partial charge < -0.3 is 10.3 Å². The molecule has 0 bridgehead atoms. The lowest BCUT2D eigenvalue weighted by Gasteiger charge is -2.32. The molecule has 3 rings (SSSR count). The molecule has 108 valence electrons. The highest BCUT2D eigenvalue weighted by Crippen LogP contribution is 2.33. The van der Waals surface area contributed by atoms with Crippen molar-refractivity contribution in [3.05, 3.63) is 29.6 Å². The van der Waals surface area contributed by atoms with Crippen molar-refractivity contribution in [2.24, 2.45) is 0 Å². The maximum atomic E-state index is 12.7. The number of nitrogens with one attached hydrogen (secondary N) is 2. The maximum Gasteiger partial charge on any atom is 0.416 e. The second-order valence-electron chi connectivity index (χ2n) is 5.66. The van der Waals surface area contributed by atoms with Crippen molar-refractivity contribution in [2.75, 3.05) is 13.1 Å². The minimum atomic E-state index is -4.32. The van der Waals surface area contributed by atoms with E-state index in [0.29, 0.717) is 11.0 Å². The van der Waals surface area contributed by atoms with E-state index in [9.17, 15) is 13.2 Å². The van der Waals surface area contributed by atoms with Gasteiger partial charge in [-0.2, -0.15) is 13.2 Å². The van der Waals surface area contributed by atoms with E-state index in [1.165, 1.54) is 6.07 Å². The molecule has 0 aliphatic carbocycles. The van der Waals surface area contributed by atoms with Gasteiger partial charge in [-0.25, -0.2) is 4.98 Å². The number of hydrogen-bond acceptors (Lipinski definition) is 2. The van der Waals surface area contributed by atoms with Crippen LogP contribution in [0, 0.1) is 0 Å². The first kappa shape index (κ1) is 13.4. The third kappa shape index (κ3) is 2.28. The van der Waals surface area contributed by atoms with Gasteiger partial charge in [0.2, 0.25) is 0 Å². The first-order valence-corrected chi connectivity index (χ1v) is 6.67. The van der Waals surface area contributed by atoms with Gasteiger partial charge in [0.05, 0.1) is 16.6 Å². The van der Waals surface area contributed by atoms with E-state index >= 15 is 0 Å². The van der Waals surface area contributed by atoms with Crippen molar-refractivity contribution in [1.29, 1.82) is 0 Å². The molecule has 2 aromatic rings. The fourth-order valence-electron chi connectivity index (χ4n) is 2.73. The quantitative estimate of drug-likeness (QED) is 0.843. The SMILES string of the molecule is CC1(c2nc3ccc(C(F)(F)F)cc3[nH]2)CCCNC1. The molecule has 1 aliphatic rings. The molecular formula is C14H16F3N3. The van der Waals surface area contributed by atoms with Crippen LogP contribution in [-0.4, -0.2) is 23.1 Å². The van der Waals surface area contributed by atoms with Gasteiger partial charge in [0.25, 0.3) is 0 Å². The van der Waals surface area contributed by atoms with Crippen LogP contribution in [0.5, 0.6) is 0 Å². The number of rotatable bonds is 1. The first-order valence-electron chi connectivity index (χ1n) is 6.67. The van der Waals surface area contributed by atoms with Gasteiger partial charge in [0.15, 0.2) is 0 Å². The summed E-state index contributed by atoms with van der Waals surface area (Å²) in [6.07, 6.45) is -2.30. The molecule has 1 fully saturated rings. The number of nitrogens with zero attached hydrogens (tertiary/aromatic N) is 1. The zero-order valence-electron chi connectivity index (χ0n) is 11.1. The highest BCUT2D eigenvalue weighted by atomic mass is 19.4. The number of piperidine rings is 1. The van der Waals surface area contributed by atoms with Gasteiger partial charge in [-0.3, -0.25) is 0 Å². The molecule has 2 N–H and O–H groups in total. The van der Waals surface area contributed by atoms with E-state index in [4.69, 9.17) is 0 Å². The topological polar surface area (TPSA) is 40.7 Å². The van der Waals surface area contributed by atoms with E-state index in [1.54, 1.807) is 0 Å². The monoisotopic (exact) mass is 283 g/mol. The van der Waals surface area contributed by atoms with Crippen molar-refractivity contribution in [2.45, 2.75) is 31.4 Å². The van der Waals surface area contributed by atoms with E-state index in [1.807, 2.05) is 0 Å². The third-order valence-electron chi connectivity index (χ3n) is 3.98. The van der Waals surface area contributed by atoms with Crippen molar-refractivity contribution in [1.82, 2.24) is 15.3 Å². The van der Waals surface area contributed by atoms with Crippen molar-refractivity contribution in [3.8, 4) is 0 Å². The smallest absolute Gasteiger partial charge is 0.341 e. The Morgan fingerprint density at radius 2 is 2.10 bits per heavy atom. The molecule has 3 nitrogen and oxygen atoms in total. The molecule has 1 aromatic carbocycles. The summed E-state index contributed by atoms with van der Waals surface area (Å²) in [4.78, 5) is 7.54. The average molecular weight is 283 g/mol. The number of fused-ring (bicyclic) bond motifs is 1. The number of halogens is 3. The molecule has 0 spiro atoms. The van der Waals surface area contributed by atoms with Crippen LogP contribution in [0.4, 0.5) is 13.2 Å². The van der Waals surface area contributed by atoms with Crippen LogP contribution in [0.25, 0.3) is 11.0 Å². The molecule has 6 heteroatoms. The molecule has 1 atom stereocenters. The summed E-state index contributed by atoms with van der Waals surface area (Å²) in [7, 11) is 0. The Bertz CT molecular complexity index is 624. The lowest BCUT2D eigenvalue weighted by molar-refractivity contribution is -0.137. The van der Waals surface area contributed by atoms with Crippen LogP contribution in [0.1, 0.15) is 31.2 Å². The van der Waals surface area contributed by atoms with Gasteiger partial charge in [0, 0.05) is 12.0 Å². The second kappa shape index (κ2) is 4.48. The first-order chi connectivity index (χ1) is 9.38. The van der Waals surface area contributed by atoms with Gasteiger partial charge in [-0.1, -0.05) is 6.92 Å². The van der Waals surface area contributed by atoms with E-state index in [0.717, 1.165) is 43.9 Å². The molecule has 1 aliphatic heterocycles. The Labute approximate surface area is 114 Å². The minimum Gasteiger partial charge on any atom is -0.341 e. The summed E-state index contributed by atoms with van der Waals surface area (Å²) in [5, 5.41) is 3.31. The zero-order valence-corrected chi connectivity index (χ0v) is 11.1. The Morgan fingerprint density at radius 3 is 2.75 bits per heavy atom. The molecule has 1 aromatic heterocycles. The molecule has 20 heavy (non-hydrogen) atoms. The number of hydrogen-bond donors (Lipinski definition) is 2. The Morgan fingerprint density at radius 1 is 1.30 bits per heavy atom. The molecule has 1 unspecified atom stereocenters.